The number of nitrogens with one attached hydrogen (secondary N) is 2. The van der Waals surface area contributed by atoms with Crippen LogP contribution in [0.5, 0.6) is 0 Å². The van der Waals surface area contributed by atoms with Crippen LogP contribution in [0.3, 0.4) is 0 Å². The minimum atomic E-state index is -0.503. The summed E-state index contributed by atoms with van der Waals surface area (Å²) in [6.45, 7) is 2.88. The van der Waals surface area contributed by atoms with Crippen molar-refractivity contribution < 1.29 is 14.3 Å². The van der Waals surface area contributed by atoms with Crippen LogP contribution in [0.2, 0.25) is 0 Å². The minimum Gasteiger partial charge on any atom is -0.450 e. The van der Waals surface area contributed by atoms with Crippen molar-refractivity contribution in [3.05, 3.63) is 59.7 Å². The molecule has 25 heavy (non-hydrogen) atoms. The van der Waals surface area contributed by atoms with Gasteiger partial charge >= 0.3 is 6.09 Å². The smallest absolute Gasteiger partial charge is 0.411 e. The Balaban J connectivity index is 1.94. The molecule has 2 aromatic rings. The second-order valence-corrected chi connectivity index (χ2v) is 5.81. The zero-order valence-corrected chi connectivity index (χ0v) is 14.7. The molecular weight excluding hydrogens is 318 g/mol. The number of benzene rings is 2. The maximum atomic E-state index is 12.3. The highest BCUT2D eigenvalue weighted by molar-refractivity contribution is 6.04. The van der Waals surface area contributed by atoms with E-state index in [0.717, 1.165) is 12.1 Å². The molecule has 0 heterocycles. The fourth-order valence-corrected chi connectivity index (χ4v) is 2.25. The normalized spacial score (nSPS) is 10.4. The zero-order chi connectivity index (χ0) is 18.2. The summed E-state index contributed by atoms with van der Waals surface area (Å²) in [5.41, 5.74) is 2.99. The maximum Gasteiger partial charge on any atom is 0.411 e. The molecule has 0 fully saturated rings. The Kier molecular flexibility index (Phi) is 6.54. The first-order chi connectivity index (χ1) is 12.0. The van der Waals surface area contributed by atoms with E-state index < -0.39 is 6.09 Å². The number of hydrogen-bond acceptors (Lipinski definition) is 4. The van der Waals surface area contributed by atoms with E-state index >= 15 is 0 Å². The number of carbonyl (C=O) groups excluding carboxylic acids is 2. The number of nitrogens with zero attached hydrogens (tertiary/aromatic N) is 1. The van der Waals surface area contributed by atoms with E-state index in [2.05, 4.69) is 15.5 Å². The Bertz CT molecular complexity index is 710. The van der Waals surface area contributed by atoms with E-state index in [1.807, 2.05) is 38.4 Å². The van der Waals surface area contributed by atoms with E-state index in [1.54, 1.807) is 31.2 Å². The van der Waals surface area contributed by atoms with Crippen LogP contribution in [-0.4, -0.2) is 37.6 Å². The van der Waals surface area contributed by atoms with Gasteiger partial charge in [0, 0.05) is 23.5 Å². The van der Waals surface area contributed by atoms with E-state index in [0.29, 0.717) is 23.5 Å². The van der Waals surface area contributed by atoms with Gasteiger partial charge in [0.05, 0.1) is 6.61 Å². The molecular formula is C19H23N3O3. The number of anilines is 2. The fourth-order valence-electron chi connectivity index (χ4n) is 2.25. The fraction of sp³-hybridized carbons (Fsp3) is 0.263. The average molecular weight is 341 g/mol. The first-order valence-corrected chi connectivity index (χ1v) is 8.07. The molecule has 0 saturated carbocycles. The van der Waals surface area contributed by atoms with Crippen molar-refractivity contribution in [3.8, 4) is 0 Å². The molecule has 0 aromatic heterocycles. The summed E-state index contributed by atoms with van der Waals surface area (Å²) in [6, 6.07) is 14.4. The first-order valence-electron chi connectivity index (χ1n) is 8.07. The molecule has 0 spiro atoms. The number of amides is 2. The lowest BCUT2D eigenvalue weighted by molar-refractivity contribution is 0.102. The summed E-state index contributed by atoms with van der Waals surface area (Å²) >= 11 is 0. The number of hydrogen-bond donors (Lipinski definition) is 2. The largest absolute Gasteiger partial charge is 0.450 e. The molecule has 6 heteroatoms. The third kappa shape index (κ3) is 5.93. The molecule has 2 amide bonds. The molecule has 2 N–H and O–H groups in total. The van der Waals surface area contributed by atoms with Crippen molar-refractivity contribution in [2.75, 3.05) is 31.3 Å². The van der Waals surface area contributed by atoms with Gasteiger partial charge in [0.25, 0.3) is 5.91 Å². The number of rotatable bonds is 6. The summed E-state index contributed by atoms with van der Waals surface area (Å²) < 4.78 is 4.81. The topological polar surface area (TPSA) is 70.7 Å². The highest BCUT2D eigenvalue weighted by Crippen LogP contribution is 2.15. The second kappa shape index (κ2) is 8.84. The highest BCUT2D eigenvalue weighted by Gasteiger charge is 2.07. The Morgan fingerprint density at radius 2 is 1.48 bits per heavy atom. The predicted octanol–water partition coefficient (Wildman–Crippen LogP) is 3.57. The van der Waals surface area contributed by atoms with Gasteiger partial charge < -0.3 is 15.0 Å². The van der Waals surface area contributed by atoms with Gasteiger partial charge in [-0.1, -0.05) is 12.1 Å². The molecule has 0 bridgehead atoms. The maximum absolute atomic E-state index is 12.3. The molecule has 2 aromatic carbocycles. The standard InChI is InChI=1S/C19H23N3O3/c1-4-25-19(24)21-17-11-9-16(10-12-17)20-18(23)15-7-5-14(6-8-15)13-22(2)3/h5-12H,4,13H2,1-3H3,(H,20,23)(H,21,24). The Labute approximate surface area is 147 Å². The molecule has 0 unspecified atom stereocenters. The average Bonchev–Trinajstić information content (AvgIpc) is 2.57. The summed E-state index contributed by atoms with van der Waals surface area (Å²) in [6.07, 6.45) is -0.503. The monoisotopic (exact) mass is 341 g/mol. The molecule has 0 saturated heterocycles. The molecule has 0 radical (unpaired) electrons. The molecule has 0 atom stereocenters. The summed E-state index contributed by atoms with van der Waals surface area (Å²) in [5, 5.41) is 5.43. The van der Waals surface area contributed by atoms with Gasteiger partial charge in [0.1, 0.15) is 0 Å². The van der Waals surface area contributed by atoms with E-state index in [9.17, 15) is 9.59 Å². The van der Waals surface area contributed by atoms with Crippen molar-refractivity contribution in [1.82, 2.24) is 4.90 Å². The molecule has 0 aliphatic heterocycles. The van der Waals surface area contributed by atoms with Crippen LogP contribution >= 0.6 is 0 Å². The van der Waals surface area contributed by atoms with Crippen molar-refractivity contribution in [2.24, 2.45) is 0 Å². The van der Waals surface area contributed by atoms with E-state index in [4.69, 9.17) is 4.74 Å². The zero-order valence-electron chi connectivity index (χ0n) is 14.7. The minimum absolute atomic E-state index is 0.178. The third-order valence-electron chi connectivity index (χ3n) is 3.38. The molecule has 2 rings (SSSR count). The van der Waals surface area contributed by atoms with E-state index in [1.165, 1.54) is 0 Å². The Hall–Kier alpha value is -2.86. The summed E-state index contributed by atoms with van der Waals surface area (Å²) in [4.78, 5) is 25.7. The van der Waals surface area contributed by atoms with Crippen molar-refractivity contribution in [2.45, 2.75) is 13.5 Å². The predicted molar refractivity (Wildman–Crippen MR) is 98.9 cm³/mol. The number of carbonyl (C=O) groups is 2. The van der Waals surface area contributed by atoms with Gasteiger partial charge in [-0.25, -0.2) is 4.79 Å². The van der Waals surface area contributed by atoms with Crippen LogP contribution in [0.15, 0.2) is 48.5 Å². The first kappa shape index (κ1) is 18.5. The van der Waals surface area contributed by atoms with Gasteiger partial charge in [-0.2, -0.15) is 0 Å². The van der Waals surface area contributed by atoms with Crippen LogP contribution in [-0.2, 0) is 11.3 Å². The molecule has 0 aliphatic rings. The highest BCUT2D eigenvalue weighted by atomic mass is 16.5. The van der Waals surface area contributed by atoms with Crippen LogP contribution in [0.4, 0.5) is 16.2 Å². The lowest BCUT2D eigenvalue weighted by Crippen LogP contribution is -2.14. The van der Waals surface area contributed by atoms with Gasteiger partial charge in [-0.3, -0.25) is 10.1 Å². The van der Waals surface area contributed by atoms with Crippen molar-refractivity contribution in [3.63, 3.8) is 0 Å². The van der Waals surface area contributed by atoms with Crippen LogP contribution < -0.4 is 10.6 Å². The Morgan fingerprint density at radius 1 is 0.920 bits per heavy atom. The Morgan fingerprint density at radius 3 is 2.00 bits per heavy atom. The van der Waals surface area contributed by atoms with Gasteiger partial charge in [-0.05, 0) is 63.0 Å². The summed E-state index contributed by atoms with van der Waals surface area (Å²) in [5.74, 6) is -0.178. The van der Waals surface area contributed by atoms with Crippen molar-refractivity contribution in [1.29, 1.82) is 0 Å². The van der Waals surface area contributed by atoms with Crippen LogP contribution in [0, 0.1) is 0 Å². The lowest BCUT2D eigenvalue weighted by Gasteiger charge is -2.10. The van der Waals surface area contributed by atoms with E-state index in [-0.39, 0.29) is 5.91 Å². The quantitative estimate of drug-likeness (QED) is 0.843. The third-order valence-corrected chi connectivity index (χ3v) is 3.38. The molecule has 132 valence electrons. The van der Waals surface area contributed by atoms with Crippen LogP contribution in [0.1, 0.15) is 22.8 Å². The van der Waals surface area contributed by atoms with Crippen molar-refractivity contribution >= 4 is 23.4 Å². The molecule has 0 aliphatic carbocycles. The van der Waals surface area contributed by atoms with Gasteiger partial charge in [0.15, 0.2) is 0 Å². The van der Waals surface area contributed by atoms with Crippen LogP contribution in [0.25, 0.3) is 0 Å². The lowest BCUT2D eigenvalue weighted by atomic mass is 10.1. The number of ether oxygens (including phenoxy) is 1. The van der Waals surface area contributed by atoms with Gasteiger partial charge in [-0.15, -0.1) is 0 Å². The SMILES string of the molecule is CCOC(=O)Nc1ccc(NC(=O)c2ccc(CN(C)C)cc2)cc1. The second-order valence-electron chi connectivity index (χ2n) is 5.81. The summed E-state index contributed by atoms with van der Waals surface area (Å²) in [7, 11) is 4.00. The molecule has 6 nitrogen and oxygen atoms in total. The van der Waals surface area contributed by atoms with Gasteiger partial charge in [0.2, 0.25) is 0 Å².